The van der Waals surface area contributed by atoms with Gasteiger partial charge in [-0.3, -0.25) is 9.89 Å². The molecule has 1 amide bonds. The van der Waals surface area contributed by atoms with Gasteiger partial charge >= 0.3 is 5.97 Å². The number of benzene rings is 1. The van der Waals surface area contributed by atoms with E-state index >= 15 is 0 Å². The Balaban J connectivity index is 2.03. The minimum atomic E-state index is -1.29. The maximum atomic E-state index is 12.9. The van der Waals surface area contributed by atoms with Gasteiger partial charge in [0.1, 0.15) is 0 Å². The molecule has 1 aromatic heterocycles. The zero-order valence-corrected chi connectivity index (χ0v) is 12.2. The summed E-state index contributed by atoms with van der Waals surface area (Å²) in [6.07, 6.45) is 2.61. The first-order chi connectivity index (χ1) is 10.6. The number of H-pyrrole nitrogens is 1. The van der Waals surface area contributed by atoms with Crippen molar-refractivity contribution >= 4 is 22.8 Å². The molecule has 0 bridgehead atoms. The summed E-state index contributed by atoms with van der Waals surface area (Å²) in [6.45, 7) is 0.387. The van der Waals surface area contributed by atoms with Gasteiger partial charge in [0.15, 0.2) is 5.54 Å². The molecule has 2 aromatic rings. The second-order valence-electron chi connectivity index (χ2n) is 5.47. The summed E-state index contributed by atoms with van der Waals surface area (Å²) >= 11 is 0. The van der Waals surface area contributed by atoms with E-state index in [-0.39, 0.29) is 12.5 Å². The monoisotopic (exact) mass is 303 g/mol. The van der Waals surface area contributed by atoms with Crippen LogP contribution in [0.15, 0.2) is 24.4 Å². The first kappa shape index (κ1) is 14.5. The molecule has 22 heavy (non-hydrogen) atoms. The number of fused-ring (bicyclic) bond motifs is 1. The van der Waals surface area contributed by atoms with E-state index in [4.69, 9.17) is 4.74 Å². The maximum Gasteiger partial charge on any atom is 0.332 e. The van der Waals surface area contributed by atoms with Crippen molar-refractivity contribution in [1.82, 2.24) is 15.1 Å². The fourth-order valence-electron chi connectivity index (χ4n) is 3.15. The lowest BCUT2D eigenvalue weighted by Crippen LogP contribution is -2.56. The second kappa shape index (κ2) is 5.42. The average Bonchev–Trinajstić information content (AvgIpc) is 3.13. The van der Waals surface area contributed by atoms with Gasteiger partial charge < -0.3 is 14.7 Å². The van der Waals surface area contributed by atoms with Crippen molar-refractivity contribution in [2.45, 2.75) is 18.4 Å². The van der Waals surface area contributed by atoms with E-state index in [0.29, 0.717) is 30.3 Å². The van der Waals surface area contributed by atoms with E-state index in [0.717, 1.165) is 5.52 Å². The van der Waals surface area contributed by atoms with E-state index in [1.807, 2.05) is 6.07 Å². The number of nitrogens with zero attached hydrogens (tertiary/aromatic N) is 2. The lowest BCUT2D eigenvalue weighted by molar-refractivity contribution is -0.151. The van der Waals surface area contributed by atoms with E-state index in [1.165, 1.54) is 12.0 Å². The molecule has 0 saturated carbocycles. The normalized spacial score (nSPS) is 21.4. The molecule has 7 heteroatoms. The first-order valence-electron chi connectivity index (χ1n) is 7.06. The van der Waals surface area contributed by atoms with Crippen molar-refractivity contribution in [1.29, 1.82) is 0 Å². The smallest absolute Gasteiger partial charge is 0.332 e. The van der Waals surface area contributed by atoms with Gasteiger partial charge in [-0.25, -0.2) is 4.79 Å². The number of carbonyl (C=O) groups is 2. The molecule has 116 valence electrons. The topological polar surface area (TPSA) is 95.5 Å². The van der Waals surface area contributed by atoms with Crippen molar-refractivity contribution in [2.24, 2.45) is 0 Å². The standard InChI is InChI=1S/C15H17N3O4/c1-22-9-15(14(20)21)6-3-7-18(15)13(19)10-4-2-5-12-11(10)8-16-17-12/h2,4-5,8H,3,6-7,9H2,1H3,(H,16,17)(H,20,21). The van der Waals surface area contributed by atoms with Crippen LogP contribution in [0, 0.1) is 0 Å². The Morgan fingerprint density at radius 2 is 2.32 bits per heavy atom. The number of aromatic amines is 1. The largest absolute Gasteiger partial charge is 0.479 e. The Kier molecular flexibility index (Phi) is 3.58. The van der Waals surface area contributed by atoms with Crippen molar-refractivity contribution < 1.29 is 19.4 Å². The Labute approximate surface area is 126 Å². The Bertz CT molecular complexity index is 726. The summed E-state index contributed by atoms with van der Waals surface area (Å²) in [6, 6.07) is 5.27. The number of carboxylic acid groups (broad SMARTS) is 1. The molecule has 1 aromatic carbocycles. The van der Waals surface area contributed by atoms with Crippen LogP contribution in [0.3, 0.4) is 0 Å². The van der Waals surface area contributed by atoms with Crippen LogP contribution < -0.4 is 0 Å². The molecule has 0 radical (unpaired) electrons. The van der Waals surface area contributed by atoms with Gasteiger partial charge in [-0.1, -0.05) is 6.07 Å². The summed E-state index contributed by atoms with van der Waals surface area (Å²) < 4.78 is 5.09. The number of carbonyl (C=O) groups excluding carboxylic acids is 1. The summed E-state index contributed by atoms with van der Waals surface area (Å²) in [5.74, 6) is -1.33. The highest BCUT2D eigenvalue weighted by Gasteiger charge is 2.50. The molecule has 2 N–H and O–H groups in total. The molecule has 1 unspecified atom stereocenters. The number of carboxylic acids is 1. The number of aliphatic carboxylic acids is 1. The van der Waals surface area contributed by atoms with Crippen LogP contribution in [0.1, 0.15) is 23.2 Å². The molecule has 1 fully saturated rings. The third kappa shape index (κ3) is 2.05. The molecule has 1 saturated heterocycles. The highest BCUT2D eigenvalue weighted by atomic mass is 16.5. The van der Waals surface area contributed by atoms with Crippen LogP contribution >= 0.6 is 0 Å². The van der Waals surface area contributed by atoms with Gasteiger partial charge in [0.05, 0.1) is 23.9 Å². The number of hydrogen-bond acceptors (Lipinski definition) is 4. The van der Waals surface area contributed by atoms with Gasteiger partial charge in [0.25, 0.3) is 5.91 Å². The summed E-state index contributed by atoms with van der Waals surface area (Å²) in [5, 5.41) is 17.1. The minimum absolute atomic E-state index is 0.0184. The van der Waals surface area contributed by atoms with E-state index in [9.17, 15) is 14.7 Å². The SMILES string of the molecule is COCC1(C(=O)O)CCCN1C(=O)c1cccc2[nH]ncc12. The lowest BCUT2D eigenvalue weighted by Gasteiger charge is -2.34. The van der Waals surface area contributed by atoms with Crippen molar-refractivity contribution in [3.8, 4) is 0 Å². The fraction of sp³-hybridized carbons (Fsp3) is 0.400. The van der Waals surface area contributed by atoms with Gasteiger partial charge in [0, 0.05) is 19.0 Å². The number of amides is 1. The van der Waals surface area contributed by atoms with Gasteiger partial charge in [-0.15, -0.1) is 0 Å². The van der Waals surface area contributed by atoms with Crippen molar-refractivity contribution in [2.75, 3.05) is 20.3 Å². The predicted octanol–water partition coefficient (Wildman–Crippen LogP) is 1.27. The Hall–Kier alpha value is -2.41. The number of hydrogen-bond donors (Lipinski definition) is 2. The molecule has 2 heterocycles. The molecular formula is C15H17N3O4. The lowest BCUT2D eigenvalue weighted by atomic mass is 9.96. The number of ether oxygens (including phenoxy) is 1. The quantitative estimate of drug-likeness (QED) is 0.886. The molecular weight excluding hydrogens is 286 g/mol. The zero-order valence-electron chi connectivity index (χ0n) is 12.2. The molecule has 3 rings (SSSR count). The van der Waals surface area contributed by atoms with Crippen LogP contribution in [-0.4, -0.2) is 57.9 Å². The highest BCUT2D eigenvalue weighted by Crippen LogP contribution is 2.32. The third-order valence-electron chi connectivity index (χ3n) is 4.23. The molecule has 7 nitrogen and oxygen atoms in total. The summed E-state index contributed by atoms with van der Waals surface area (Å²) in [7, 11) is 1.45. The Morgan fingerprint density at radius 1 is 1.50 bits per heavy atom. The first-order valence-corrected chi connectivity index (χ1v) is 7.06. The number of likely N-dealkylation sites (tertiary alicyclic amines) is 1. The van der Waals surface area contributed by atoms with Gasteiger partial charge in [-0.05, 0) is 25.0 Å². The average molecular weight is 303 g/mol. The number of nitrogens with one attached hydrogen (secondary N) is 1. The van der Waals surface area contributed by atoms with E-state index in [2.05, 4.69) is 10.2 Å². The van der Waals surface area contributed by atoms with Crippen molar-refractivity contribution in [3.63, 3.8) is 0 Å². The van der Waals surface area contributed by atoms with Crippen LogP contribution in [-0.2, 0) is 9.53 Å². The van der Waals surface area contributed by atoms with Crippen LogP contribution in [0.25, 0.3) is 10.9 Å². The number of rotatable bonds is 4. The maximum absolute atomic E-state index is 12.9. The molecule has 0 aliphatic carbocycles. The van der Waals surface area contributed by atoms with Crippen molar-refractivity contribution in [3.05, 3.63) is 30.0 Å². The fourth-order valence-corrected chi connectivity index (χ4v) is 3.15. The molecule has 1 aliphatic heterocycles. The predicted molar refractivity (Wildman–Crippen MR) is 78.6 cm³/mol. The molecule has 1 aliphatic rings. The Morgan fingerprint density at radius 3 is 3.05 bits per heavy atom. The number of methoxy groups -OCH3 is 1. The van der Waals surface area contributed by atoms with Crippen LogP contribution in [0.5, 0.6) is 0 Å². The van der Waals surface area contributed by atoms with Crippen LogP contribution in [0.2, 0.25) is 0 Å². The minimum Gasteiger partial charge on any atom is -0.479 e. The molecule has 1 atom stereocenters. The zero-order chi connectivity index (χ0) is 15.7. The summed E-state index contributed by atoms with van der Waals surface area (Å²) in [5.41, 5.74) is -0.0924. The van der Waals surface area contributed by atoms with Gasteiger partial charge in [0.2, 0.25) is 0 Å². The number of aromatic nitrogens is 2. The van der Waals surface area contributed by atoms with E-state index in [1.54, 1.807) is 18.3 Å². The summed E-state index contributed by atoms with van der Waals surface area (Å²) in [4.78, 5) is 26.1. The van der Waals surface area contributed by atoms with Crippen LogP contribution in [0.4, 0.5) is 0 Å². The third-order valence-corrected chi connectivity index (χ3v) is 4.23. The molecule has 0 spiro atoms. The highest BCUT2D eigenvalue weighted by molar-refractivity contribution is 6.07. The second-order valence-corrected chi connectivity index (χ2v) is 5.47. The van der Waals surface area contributed by atoms with E-state index < -0.39 is 11.5 Å². The van der Waals surface area contributed by atoms with Gasteiger partial charge in [-0.2, -0.15) is 5.10 Å².